The number of aliphatic hydroxyl groups excluding tert-OH is 2. The van der Waals surface area contributed by atoms with Gasteiger partial charge in [-0.2, -0.15) is 0 Å². The highest BCUT2D eigenvalue weighted by Gasteiger charge is 2.45. The largest absolute Gasteiger partial charge is 0.391 e. The zero-order chi connectivity index (χ0) is 17.0. The summed E-state index contributed by atoms with van der Waals surface area (Å²) in [5, 5.41) is 21.1. The molecule has 0 radical (unpaired) electrons. The van der Waals surface area contributed by atoms with Gasteiger partial charge in [-0.05, 0) is 26.2 Å². The quantitative estimate of drug-likeness (QED) is 0.421. The van der Waals surface area contributed by atoms with Crippen LogP contribution in [0.25, 0.3) is 0 Å². The smallest absolute Gasteiger partial charge is 0.239 e. The van der Waals surface area contributed by atoms with Crippen LogP contribution in [0.15, 0.2) is 0 Å². The van der Waals surface area contributed by atoms with Gasteiger partial charge in [0.1, 0.15) is 6.04 Å². The zero-order valence-electron chi connectivity index (χ0n) is 13.4. The Morgan fingerprint density at radius 2 is 1.86 bits per heavy atom. The van der Waals surface area contributed by atoms with Crippen LogP contribution in [0.2, 0.25) is 0 Å². The molecule has 0 bridgehead atoms. The Kier molecular flexibility index (Phi) is 7.02. The van der Waals surface area contributed by atoms with Crippen molar-refractivity contribution in [3.63, 3.8) is 0 Å². The molecule has 22 heavy (non-hydrogen) atoms. The minimum Gasteiger partial charge on any atom is -0.391 e. The number of carbonyl (C=O) groups is 1. The number of nitrogens with one attached hydrogen (secondary N) is 1. The lowest BCUT2D eigenvalue weighted by atomic mass is 9.84. The highest BCUT2D eigenvalue weighted by molar-refractivity contribution is 7.58. The van der Waals surface area contributed by atoms with Gasteiger partial charge in [0.15, 0.2) is 0 Å². The molecule has 4 unspecified atom stereocenters. The molecule has 6 N–H and O–H groups in total. The number of rotatable bonds is 7. The minimum atomic E-state index is -3.35. The Bertz CT molecular complexity index is 417. The maximum absolute atomic E-state index is 12.3. The molecule has 4 atom stereocenters. The first kappa shape index (κ1) is 19.6. The van der Waals surface area contributed by atoms with Gasteiger partial charge in [0, 0.05) is 18.4 Å². The first-order valence-electron chi connectivity index (χ1n) is 7.79. The Morgan fingerprint density at radius 3 is 2.32 bits per heavy atom. The molecule has 130 valence electrons. The predicted molar refractivity (Wildman–Crippen MR) is 84.9 cm³/mol. The van der Waals surface area contributed by atoms with E-state index in [1.807, 2.05) is 0 Å². The van der Waals surface area contributed by atoms with Crippen molar-refractivity contribution in [2.24, 2.45) is 5.73 Å². The third-order valence-electron chi connectivity index (χ3n) is 4.61. The Hall–Kier alpha value is -0.460. The monoisotopic (exact) mass is 336 g/mol. The molecule has 1 fully saturated rings. The lowest BCUT2D eigenvalue weighted by Gasteiger charge is -2.40. The molecule has 1 rings (SSSR count). The van der Waals surface area contributed by atoms with Crippen LogP contribution in [0.4, 0.5) is 0 Å². The van der Waals surface area contributed by atoms with Crippen LogP contribution < -0.4 is 11.1 Å². The third-order valence-corrected chi connectivity index (χ3v) is 7.00. The van der Waals surface area contributed by atoms with Crippen molar-refractivity contribution in [1.29, 1.82) is 0 Å². The summed E-state index contributed by atoms with van der Waals surface area (Å²) in [5.41, 5.74) is 5.50. The number of carbonyl (C=O) groups excluding carboxylic acids is 1. The summed E-state index contributed by atoms with van der Waals surface area (Å²) < 4.78 is 12.3. The summed E-state index contributed by atoms with van der Waals surface area (Å²) in [6, 6.07) is -1.05. The molecule has 1 saturated carbocycles. The fourth-order valence-electron chi connectivity index (χ4n) is 3.06. The van der Waals surface area contributed by atoms with Gasteiger partial charge >= 0.3 is 0 Å². The van der Waals surface area contributed by atoms with Crippen LogP contribution in [-0.4, -0.2) is 57.6 Å². The van der Waals surface area contributed by atoms with Gasteiger partial charge in [-0.15, -0.1) is 0 Å². The molecule has 0 aromatic carbocycles. The molecule has 1 aliphatic rings. The molecule has 7 nitrogen and oxygen atoms in total. The van der Waals surface area contributed by atoms with Crippen LogP contribution in [0.5, 0.6) is 0 Å². The molecule has 0 saturated heterocycles. The third kappa shape index (κ3) is 5.03. The summed E-state index contributed by atoms with van der Waals surface area (Å²) in [6.45, 7) is 2.73. The summed E-state index contributed by atoms with van der Waals surface area (Å²) in [5.74, 6) is -0.546. The summed E-state index contributed by atoms with van der Waals surface area (Å²) in [7, 11) is -3.35. The van der Waals surface area contributed by atoms with Crippen molar-refractivity contribution in [2.45, 2.75) is 68.9 Å². The van der Waals surface area contributed by atoms with Gasteiger partial charge < -0.3 is 26.2 Å². The second kappa shape index (κ2) is 7.88. The summed E-state index contributed by atoms with van der Waals surface area (Å²) in [6.07, 6.45) is 2.33. The molecule has 0 spiro atoms. The first-order valence-corrected chi connectivity index (χ1v) is 9.89. The fraction of sp³-hybridized carbons (Fsp3) is 0.929. The van der Waals surface area contributed by atoms with Gasteiger partial charge in [-0.1, -0.05) is 19.3 Å². The average Bonchev–Trinajstić information content (AvgIpc) is 2.43. The van der Waals surface area contributed by atoms with Gasteiger partial charge in [-0.3, -0.25) is 9.36 Å². The molecular formula is C14H29N2O5P. The van der Waals surface area contributed by atoms with Crippen molar-refractivity contribution >= 4 is 13.3 Å². The van der Waals surface area contributed by atoms with Gasteiger partial charge in [0.2, 0.25) is 13.3 Å². The van der Waals surface area contributed by atoms with Gasteiger partial charge in [-0.25, -0.2) is 0 Å². The molecular weight excluding hydrogens is 307 g/mol. The second-order valence-electron chi connectivity index (χ2n) is 6.53. The number of nitrogens with two attached hydrogens (primary N) is 1. The predicted octanol–water partition coefficient (Wildman–Crippen LogP) is 0.165. The van der Waals surface area contributed by atoms with Crippen LogP contribution >= 0.6 is 7.37 Å². The Balaban J connectivity index is 2.60. The van der Waals surface area contributed by atoms with Crippen molar-refractivity contribution in [3.8, 4) is 0 Å². The van der Waals surface area contributed by atoms with E-state index in [1.54, 1.807) is 0 Å². The van der Waals surface area contributed by atoms with E-state index in [4.69, 9.17) is 5.73 Å². The van der Waals surface area contributed by atoms with E-state index < -0.39 is 36.7 Å². The molecule has 1 aliphatic carbocycles. The van der Waals surface area contributed by atoms with Crippen LogP contribution in [0.3, 0.4) is 0 Å². The van der Waals surface area contributed by atoms with E-state index in [-0.39, 0.29) is 13.0 Å². The molecule has 1 amide bonds. The van der Waals surface area contributed by atoms with Crippen molar-refractivity contribution in [1.82, 2.24) is 5.32 Å². The van der Waals surface area contributed by atoms with E-state index >= 15 is 0 Å². The van der Waals surface area contributed by atoms with Crippen molar-refractivity contribution in [3.05, 3.63) is 0 Å². The van der Waals surface area contributed by atoms with Crippen molar-refractivity contribution < 1.29 is 24.5 Å². The molecule has 8 heteroatoms. The van der Waals surface area contributed by atoms with E-state index in [2.05, 4.69) is 5.32 Å². The maximum atomic E-state index is 12.3. The number of hydrogen-bond donors (Lipinski definition) is 5. The number of aliphatic hydroxyl groups is 2. The highest BCUT2D eigenvalue weighted by Crippen LogP contribution is 2.60. The van der Waals surface area contributed by atoms with Gasteiger partial charge in [0.25, 0.3) is 0 Å². The minimum absolute atomic E-state index is 0.0407. The van der Waals surface area contributed by atoms with Crippen LogP contribution in [-0.2, 0) is 9.36 Å². The topological polar surface area (TPSA) is 133 Å². The SMILES string of the molecule is CC(O)C(N)C(=O)NCC(O)CC1(P(C)(=O)O)CCCCC1. The first-order chi connectivity index (χ1) is 10.1. The summed E-state index contributed by atoms with van der Waals surface area (Å²) in [4.78, 5) is 21.7. The fourth-order valence-corrected chi connectivity index (χ4v) is 4.76. The highest BCUT2D eigenvalue weighted by atomic mass is 31.2. The average molecular weight is 336 g/mol. The number of amides is 1. The second-order valence-corrected chi connectivity index (χ2v) is 9.24. The zero-order valence-corrected chi connectivity index (χ0v) is 14.3. The van der Waals surface area contributed by atoms with Crippen LogP contribution in [0, 0.1) is 0 Å². The summed E-state index contributed by atoms with van der Waals surface area (Å²) >= 11 is 0. The number of hydrogen-bond acceptors (Lipinski definition) is 5. The Labute approximate surface area is 131 Å². The molecule has 0 aromatic rings. The molecule has 0 aromatic heterocycles. The standard InChI is InChI=1S/C14H29N2O5P/c1-10(17)12(15)13(19)16-9-11(18)8-14(22(2,20)21)6-4-3-5-7-14/h10-12,17-18H,3-9,15H2,1-2H3,(H,16,19)(H,20,21). The van der Waals surface area contributed by atoms with E-state index in [9.17, 15) is 24.5 Å². The lowest BCUT2D eigenvalue weighted by molar-refractivity contribution is -0.125. The molecule has 0 aliphatic heterocycles. The van der Waals surface area contributed by atoms with Crippen LogP contribution in [0.1, 0.15) is 45.4 Å². The van der Waals surface area contributed by atoms with Gasteiger partial charge in [0.05, 0.1) is 12.2 Å². The maximum Gasteiger partial charge on any atom is 0.239 e. The van der Waals surface area contributed by atoms with E-state index in [0.29, 0.717) is 12.8 Å². The molecule has 0 heterocycles. The normalized spacial score (nSPS) is 24.8. The lowest BCUT2D eigenvalue weighted by Crippen LogP contribution is -2.49. The van der Waals surface area contributed by atoms with E-state index in [0.717, 1.165) is 19.3 Å². The van der Waals surface area contributed by atoms with E-state index in [1.165, 1.54) is 13.6 Å². The van der Waals surface area contributed by atoms with Crippen molar-refractivity contribution in [2.75, 3.05) is 13.2 Å². The Morgan fingerprint density at radius 1 is 1.32 bits per heavy atom.